The molecule has 0 heterocycles. The molecule has 0 aliphatic heterocycles. The largest absolute Gasteiger partial charge is 0.357 e. The highest BCUT2D eigenvalue weighted by molar-refractivity contribution is 14.0. The third-order valence-corrected chi connectivity index (χ3v) is 3.29. The molecule has 1 N–H and O–H groups in total. The number of unbranched alkanes of at least 4 members (excludes halogenated alkanes) is 3. The van der Waals surface area contributed by atoms with Gasteiger partial charge in [-0.15, -0.1) is 30.6 Å². The number of nitrogens with one attached hydrogen (secondary N) is 1. The summed E-state index contributed by atoms with van der Waals surface area (Å²) >= 11 is 0. The molecule has 19 heavy (non-hydrogen) atoms. The molecule has 4 heteroatoms. The van der Waals surface area contributed by atoms with Gasteiger partial charge in [-0.3, -0.25) is 4.99 Å². The van der Waals surface area contributed by atoms with Gasteiger partial charge in [-0.25, -0.2) is 0 Å². The van der Waals surface area contributed by atoms with Crippen molar-refractivity contribution in [1.29, 1.82) is 0 Å². The monoisotopic (exact) mass is 379 g/mol. The number of allylic oxidation sites excluding steroid dienone is 1. The number of hydrogen-bond acceptors (Lipinski definition) is 1. The molecule has 1 rings (SSSR count). The first-order valence-electron chi connectivity index (χ1n) is 7.38. The van der Waals surface area contributed by atoms with E-state index in [9.17, 15) is 0 Å². The lowest BCUT2D eigenvalue weighted by atomic mass is 10.2. The van der Waals surface area contributed by atoms with Crippen molar-refractivity contribution in [2.45, 2.75) is 45.4 Å². The first kappa shape index (κ1) is 18.7. The van der Waals surface area contributed by atoms with Crippen molar-refractivity contribution < 1.29 is 0 Å². The molecule has 0 saturated heterocycles. The number of rotatable bonds is 9. The zero-order valence-corrected chi connectivity index (χ0v) is 14.9. The quantitative estimate of drug-likeness (QED) is 0.218. The van der Waals surface area contributed by atoms with E-state index < -0.39 is 0 Å². The van der Waals surface area contributed by atoms with E-state index in [-0.39, 0.29) is 24.0 Å². The van der Waals surface area contributed by atoms with Crippen molar-refractivity contribution in [3.8, 4) is 0 Å². The Morgan fingerprint density at radius 1 is 1.37 bits per heavy atom. The van der Waals surface area contributed by atoms with E-state index in [1.165, 1.54) is 32.1 Å². The maximum Gasteiger partial charge on any atom is 0.193 e. The third-order valence-electron chi connectivity index (χ3n) is 3.29. The van der Waals surface area contributed by atoms with Gasteiger partial charge in [0.15, 0.2) is 5.96 Å². The van der Waals surface area contributed by atoms with Crippen LogP contribution in [0.5, 0.6) is 0 Å². The first-order chi connectivity index (χ1) is 8.77. The molecule has 1 aliphatic rings. The Kier molecular flexibility index (Phi) is 11.4. The molecule has 0 aromatic carbocycles. The molecule has 0 aromatic heterocycles. The van der Waals surface area contributed by atoms with Crippen LogP contribution in [-0.4, -0.2) is 37.5 Å². The number of hydrogen-bond donors (Lipinski definition) is 1. The Labute approximate surface area is 136 Å². The molecule has 0 atom stereocenters. The van der Waals surface area contributed by atoms with Crippen LogP contribution in [0.3, 0.4) is 0 Å². The van der Waals surface area contributed by atoms with Crippen molar-refractivity contribution in [2.24, 2.45) is 10.9 Å². The highest BCUT2D eigenvalue weighted by Gasteiger charge is 2.21. The number of guanidine groups is 1. The van der Waals surface area contributed by atoms with Gasteiger partial charge in [-0.2, -0.15) is 0 Å². The molecule has 1 saturated carbocycles. The van der Waals surface area contributed by atoms with Gasteiger partial charge in [0.1, 0.15) is 0 Å². The number of halogens is 1. The van der Waals surface area contributed by atoms with Crippen LogP contribution in [0.4, 0.5) is 0 Å². The van der Waals surface area contributed by atoms with Crippen molar-refractivity contribution in [3.63, 3.8) is 0 Å². The summed E-state index contributed by atoms with van der Waals surface area (Å²) in [6, 6.07) is 0. The van der Waals surface area contributed by atoms with E-state index >= 15 is 0 Å². The zero-order chi connectivity index (χ0) is 13.2. The average molecular weight is 379 g/mol. The molecule has 0 amide bonds. The van der Waals surface area contributed by atoms with Gasteiger partial charge in [0, 0.05) is 26.7 Å². The molecule has 3 nitrogen and oxygen atoms in total. The molecule has 0 aromatic rings. The van der Waals surface area contributed by atoms with Crippen molar-refractivity contribution >= 4 is 29.9 Å². The minimum absolute atomic E-state index is 0. The summed E-state index contributed by atoms with van der Waals surface area (Å²) in [5.41, 5.74) is 0. The second kappa shape index (κ2) is 11.6. The standard InChI is InChI=1S/C15H29N3.HI/c1-4-6-7-8-9-12-18(3)15(16-5-2)17-13-14-10-11-14;/h4,14H,1,5-13H2,2-3H3,(H,16,17);1H. The molecule has 0 spiro atoms. The van der Waals surface area contributed by atoms with Gasteiger partial charge < -0.3 is 10.2 Å². The normalized spacial score (nSPS) is 14.7. The predicted octanol–water partition coefficient (Wildman–Crippen LogP) is 3.66. The van der Waals surface area contributed by atoms with Crippen LogP contribution in [0.2, 0.25) is 0 Å². The third kappa shape index (κ3) is 9.30. The topological polar surface area (TPSA) is 27.6 Å². The molecule has 0 unspecified atom stereocenters. The Morgan fingerprint density at radius 3 is 2.68 bits per heavy atom. The molecule has 1 aliphatic carbocycles. The summed E-state index contributed by atoms with van der Waals surface area (Å²) in [6.07, 6.45) is 9.65. The van der Waals surface area contributed by atoms with Crippen molar-refractivity contribution in [1.82, 2.24) is 10.2 Å². The van der Waals surface area contributed by atoms with Crippen LogP contribution in [-0.2, 0) is 0 Å². The summed E-state index contributed by atoms with van der Waals surface area (Å²) in [4.78, 5) is 6.97. The van der Waals surface area contributed by atoms with Crippen molar-refractivity contribution in [2.75, 3.05) is 26.7 Å². The summed E-state index contributed by atoms with van der Waals surface area (Å²) in [5.74, 6) is 1.94. The van der Waals surface area contributed by atoms with Gasteiger partial charge in [0.2, 0.25) is 0 Å². The van der Waals surface area contributed by atoms with Crippen LogP contribution in [0, 0.1) is 5.92 Å². The van der Waals surface area contributed by atoms with Gasteiger partial charge >= 0.3 is 0 Å². The fourth-order valence-corrected chi connectivity index (χ4v) is 1.91. The molecule has 0 radical (unpaired) electrons. The van der Waals surface area contributed by atoms with Crippen LogP contribution >= 0.6 is 24.0 Å². The smallest absolute Gasteiger partial charge is 0.193 e. The summed E-state index contributed by atoms with van der Waals surface area (Å²) < 4.78 is 0. The lowest BCUT2D eigenvalue weighted by molar-refractivity contribution is 0.455. The molecule has 1 fully saturated rings. The van der Waals surface area contributed by atoms with Crippen LogP contribution in [0.25, 0.3) is 0 Å². The fourth-order valence-electron chi connectivity index (χ4n) is 1.91. The summed E-state index contributed by atoms with van der Waals surface area (Å²) in [6.45, 7) is 8.93. The number of aliphatic imine (C=N–C) groups is 1. The van der Waals surface area contributed by atoms with E-state index in [1.54, 1.807) is 0 Å². The van der Waals surface area contributed by atoms with Crippen LogP contribution in [0.1, 0.15) is 45.4 Å². The maximum atomic E-state index is 4.71. The number of nitrogens with zero attached hydrogens (tertiary/aromatic N) is 2. The summed E-state index contributed by atoms with van der Waals surface area (Å²) in [5, 5.41) is 3.38. The Bertz CT molecular complexity index is 262. The first-order valence-corrected chi connectivity index (χ1v) is 7.38. The van der Waals surface area contributed by atoms with E-state index in [4.69, 9.17) is 4.99 Å². The maximum absolute atomic E-state index is 4.71. The summed E-state index contributed by atoms with van der Waals surface area (Å²) in [7, 11) is 2.14. The minimum Gasteiger partial charge on any atom is -0.357 e. The highest BCUT2D eigenvalue weighted by Crippen LogP contribution is 2.28. The highest BCUT2D eigenvalue weighted by atomic mass is 127. The molecular formula is C15H30IN3. The lowest BCUT2D eigenvalue weighted by Crippen LogP contribution is -2.39. The van der Waals surface area contributed by atoms with Crippen LogP contribution in [0.15, 0.2) is 17.6 Å². The SMILES string of the molecule is C=CCCCCCN(C)C(=NCC1CC1)NCC.I. The lowest BCUT2D eigenvalue weighted by Gasteiger charge is -2.22. The van der Waals surface area contributed by atoms with E-state index in [0.717, 1.165) is 37.9 Å². The van der Waals surface area contributed by atoms with Gasteiger partial charge in [-0.05, 0) is 44.9 Å². The Hall–Kier alpha value is -0.260. The average Bonchev–Trinajstić information content (AvgIpc) is 3.18. The van der Waals surface area contributed by atoms with Gasteiger partial charge in [0.05, 0.1) is 0 Å². The van der Waals surface area contributed by atoms with E-state index in [0.29, 0.717) is 0 Å². The Balaban J connectivity index is 0.00000324. The van der Waals surface area contributed by atoms with Gasteiger partial charge in [0.25, 0.3) is 0 Å². The zero-order valence-electron chi connectivity index (χ0n) is 12.5. The molecular weight excluding hydrogens is 349 g/mol. The van der Waals surface area contributed by atoms with Gasteiger partial charge in [-0.1, -0.05) is 12.5 Å². The molecule has 112 valence electrons. The second-order valence-electron chi connectivity index (χ2n) is 5.20. The minimum atomic E-state index is 0. The van der Waals surface area contributed by atoms with E-state index in [2.05, 4.69) is 30.8 Å². The molecule has 0 bridgehead atoms. The van der Waals surface area contributed by atoms with Crippen molar-refractivity contribution in [3.05, 3.63) is 12.7 Å². The van der Waals surface area contributed by atoms with E-state index in [1.807, 2.05) is 6.08 Å². The fraction of sp³-hybridized carbons (Fsp3) is 0.800. The predicted molar refractivity (Wildman–Crippen MR) is 95.4 cm³/mol. The van der Waals surface area contributed by atoms with Crippen LogP contribution < -0.4 is 5.32 Å². The second-order valence-corrected chi connectivity index (χ2v) is 5.20. The Morgan fingerprint density at radius 2 is 2.11 bits per heavy atom.